The maximum absolute atomic E-state index is 11.9. The maximum Gasteiger partial charge on any atom is 0.335 e. The molecule has 5 aliphatic rings. The second kappa shape index (κ2) is 6.87. The summed E-state index contributed by atoms with van der Waals surface area (Å²) in [5, 5.41) is 49.9. The van der Waals surface area contributed by atoms with E-state index in [-0.39, 0.29) is 17.3 Å². The summed E-state index contributed by atoms with van der Waals surface area (Å²) in [4.78, 5) is 23.5. The number of fused-ring (bicyclic) bond motifs is 1. The van der Waals surface area contributed by atoms with Crippen molar-refractivity contribution in [2.24, 2.45) is 28.6 Å². The molecule has 1 heterocycles. The van der Waals surface area contributed by atoms with Crippen LogP contribution in [0.25, 0.3) is 0 Å². The zero-order valence-corrected chi connectivity index (χ0v) is 17.5. The van der Waals surface area contributed by atoms with Crippen molar-refractivity contribution in [2.45, 2.75) is 89.2 Å². The minimum Gasteiger partial charge on any atom is -0.481 e. The maximum atomic E-state index is 11.9. The highest BCUT2D eigenvalue weighted by Gasteiger charge is 2.73. The third kappa shape index (κ3) is 2.65. The Morgan fingerprint density at radius 2 is 1.60 bits per heavy atom. The molecule has 30 heavy (non-hydrogen) atoms. The molecule has 1 saturated heterocycles. The Labute approximate surface area is 175 Å². The van der Waals surface area contributed by atoms with Gasteiger partial charge in [0.25, 0.3) is 0 Å². The van der Waals surface area contributed by atoms with Crippen molar-refractivity contribution < 1.29 is 44.6 Å². The number of carbonyl (C=O) groups is 2. The van der Waals surface area contributed by atoms with E-state index in [0.29, 0.717) is 12.8 Å². The second-order valence-electron chi connectivity index (χ2n) is 10.4. The SMILES string of the molecule is CC1(C)[C@@H]2CC[C@@]3(C)[C@@H](C2)[C@@H](C(=O)O)CC[C@@]13OC1O[C@H](C(=O)O)[C@@H](O)[C@H](O)[C@H]1O. The van der Waals surface area contributed by atoms with Crippen molar-refractivity contribution in [3.8, 4) is 0 Å². The first kappa shape index (κ1) is 22.0. The number of carboxylic acid groups (broad SMARTS) is 2. The van der Waals surface area contributed by atoms with Crippen molar-refractivity contribution in [1.29, 1.82) is 0 Å². The molecular weight excluding hydrogens is 396 g/mol. The summed E-state index contributed by atoms with van der Waals surface area (Å²) in [6, 6.07) is 0. The van der Waals surface area contributed by atoms with Crippen molar-refractivity contribution in [2.75, 3.05) is 0 Å². The summed E-state index contributed by atoms with van der Waals surface area (Å²) >= 11 is 0. The Kier molecular flexibility index (Phi) is 5.03. The molecule has 5 rings (SSSR count). The molecule has 5 fully saturated rings. The predicted octanol–water partition coefficient (Wildman–Crippen LogP) is 0.591. The molecule has 5 N–H and O–H groups in total. The normalized spacial score (nSPS) is 52.1. The Bertz CT molecular complexity index is 738. The highest BCUT2D eigenvalue weighted by molar-refractivity contribution is 5.73. The van der Waals surface area contributed by atoms with Gasteiger partial charge in [0.05, 0.1) is 11.5 Å². The number of hydrogen-bond acceptors (Lipinski definition) is 7. The van der Waals surface area contributed by atoms with Crippen LogP contribution in [0.15, 0.2) is 0 Å². The van der Waals surface area contributed by atoms with Crippen molar-refractivity contribution in [1.82, 2.24) is 0 Å². The molecule has 170 valence electrons. The Balaban J connectivity index is 1.73. The number of rotatable bonds is 4. The number of aliphatic hydroxyl groups excluding tert-OH is 3. The summed E-state index contributed by atoms with van der Waals surface area (Å²) in [6.45, 7) is 6.21. The fourth-order valence-corrected chi connectivity index (χ4v) is 7.33. The van der Waals surface area contributed by atoms with Crippen LogP contribution >= 0.6 is 0 Å². The third-order valence-electron chi connectivity index (χ3n) is 9.09. The van der Waals surface area contributed by atoms with Gasteiger partial charge in [-0.05, 0) is 49.4 Å². The van der Waals surface area contributed by atoms with E-state index in [1.807, 2.05) is 6.92 Å². The molecule has 9 heteroatoms. The minimum atomic E-state index is -1.78. The number of hydrogen-bond donors (Lipinski definition) is 5. The van der Waals surface area contributed by atoms with E-state index in [1.54, 1.807) is 0 Å². The molecule has 9 nitrogen and oxygen atoms in total. The van der Waals surface area contributed by atoms with Crippen molar-refractivity contribution in [3.05, 3.63) is 0 Å². The predicted molar refractivity (Wildman–Crippen MR) is 101 cm³/mol. The number of aliphatic carboxylic acids is 2. The van der Waals surface area contributed by atoms with E-state index in [4.69, 9.17) is 9.47 Å². The lowest BCUT2D eigenvalue weighted by Crippen LogP contribution is -2.75. The summed E-state index contributed by atoms with van der Waals surface area (Å²) < 4.78 is 11.9. The molecule has 4 aliphatic carbocycles. The topological polar surface area (TPSA) is 154 Å². The Morgan fingerprint density at radius 3 is 2.20 bits per heavy atom. The molecular formula is C21H32O9. The van der Waals surface area contributed by atoms with Crippen LogP contribution in [-0.2, 0) is 19.1 Å². The van der Waals surface area contributed by atoms with Gasteiger partial charge in [0.15, 0.2) is 12.4 Å². The quantitative estimate of drug-likeness (QED) is 0.433. The zero-order chi connectivity index (χ0) is 22.2. The number of carboxylic acids is 2. The smallest absolute Gasteiger partial charge is 0.335 e. The van der Waals surface area contributed by atoms with Crippen molar-refractivity contribution >= 4 is 11.9 Å². The Morgan fingerprint density at radius 1 is 0.933 bits per heavy atom. The van der Waals surface area contributed by atoms with E-state index < -0.39 is 59.6 Å². The van der Waals surface area contributed by atoms with Gasteiger partial charge in [-0.15, -0.1) is 0 Å². The lowest BCUT2D eigenvalue weighted by molar-refractivity contribution is -0.389. The van der Waals surface area contributed by atoms with Crippen LogP contribution in [0.5, 0.6) is 0 Å². The third-order valence-corrected chi connectivity index (χ3v) is 9.09. The van der Waals surface area contributed by atoms with Crippen LogP contribution in [0.2, 0.25) is 0 Å². The molecule has 10 atom stereocenters. The van der Waals surface area contributed by atoms with Crippen LogP contribution in [-0.4, -0.2) is 73.8 Å². The molecule has 0 aromatic rings. The van der Waals surface area contributed by atoms with Gasteiger partial charge < -0.3 is 35.0 Å². The average molecular weight is 428 g/mol. The highest BCUT2D eigenvalue weighted by Crippen LogP contribution is 2.73. The van der Waals surface area contributed by atoms with Gasteiger partial charge in [-0.1, -0.05) is 20.8 Å². The van der Waals surface area contributed by atoms with Gasteiger partial charge in [0.1, 0.15) is 18.3 Å². The van der Waals surface area contributed by atoms with Crippen molar-refractivity contribution in [3.63, 3.8) is 0 Å². The summed E-state index contributed by atoms with van der Waals surface area (Å²) in [7, 11) is 0. The average Bonchev–Trinajstić information content (AvgIpc) is 2.66. The van der Waals surface area contributed by atoms with Gasteiger partial charge in [0, 0.05) is 5.41 Å². The molecule has 4 bridgehead atoms. The van der Waals surface area contributed by atoms with Gasteiger partial charge in [-0.3, -0.25) is 4.79 Å². The van der Waals surface area contributed by atoms with Crippen LogP contribution in [0.3, 0.4) is 0 Å². The molecule has 1 unspecified atom stereocenters. The van der Waals surface area contributed by atoms with Crippen LogP contribution in [0, 0.1) is 28.6 Å². The van der Waals surface area contributed by atoms with Gasteiger partial charge in [0.2, 0.25) is 0 Å². The molecule has 0 aromatic heterocycles. The number of aliphatic hydroxyl groups is 3. The molecule has 0 aromatic carbocycles. The largest absolute Gasteiger partial charge is 0.481 e. The summed E-state index contributed by atoms with van der Waals surface area (Å²) in [5.41, 5.74) is -1.73. The first-order valence-electron chi connectivity index (χ1n) is 10.7. The molecule has 1 aliphatic heterocycles. The van der Waals surface area contributed by atoms with E-state index >= 15 is 0 Å². The zero-order valence-electron chi connectivity index (χ0n) is 17.5. The lowest BCUT2D eigenvalue weighted by atomic mass is 9.35. The van der Waals surface area contributed by atoms with Crippen LogP contribution in [0.1, 0.15) is 52.9 Å². The van der Waals surface area contributed by atoms with E-state index in [0.717, 1.165) is 19.3 Å². The van der Waals surface area contributed by atoms with Gasteiger partial charge in [-0.25, -0.2) is 4.79 Å². The highest BCUT2D eigenvalue weighted by atomic mass is 16.7. The fourth-order valence-electron chi connectivity index (χ4n) is 7.33. The standard InChI is InChI=1S/C21H32O9/c1-19(2)9-4-6-20(3)11(8-9)10(16(25)26)5-7-21(19,20)30-18-14(24)12(22)13(23)15(29-18)17(27)28/h9-15,18,22-24H,4-8H2,1-3H3,(H,25,26)(H,27,28)/t9-,10+,11+,12+,13+,14-,15+,18?,20+,21-/m1/s1. The fraction of sp³-hybridized carbons (Fsp3) is 0.905. The second-order valence-corrected chi connectivity index (χ2v) is 10.4. The van der Waals surface area contributed by atoms with Gasteiger partial charge >= 0.3 is 11.9 Å². The number of ether oxygens (including phenoxy) is 2. The monoisotopic (exact) mass is 428 g/mol. The molecule has 0 radical (unpaired) electrons. The first-order valence-corrected chi connectivity index (χ1v) is 10.7. The van der Waals surface area contributed by atoms with E-state index in [1.165, 1.54) is 0 Å². The van der Waals surface area contributed by atoms with E-state index in [2.05, 4.69) is 13.8 Å². The molecule has 4 saturated carbocycles. The van der Waals surface area contributed by atoms with Gasteiger partial charge in [-0.2, -0.15) is 0 Å². The van der Waals surface area contributed by atoms with E-state index in [9.17, 15) is 35.1 Å². The first-order chi connectivity index (χ1) is 13.9. The van der Waals surface area contributed by atoms with Crippen LogP contribution < -0.4 is 0 Å². The lowest BCUT2D eigenvalue weighted by Gasteiger charge is -2.73. The molecule has 0 spiro atoms. The summed E-state index contributed by atoms with van der Waals surface area (Å²) in [6.07, 6.45) is -4.95. The molecule has 0 amide bonds. The Hall–Kier alpha value is -1.26. The minimum absolute atomic E-state index is 0.0953. The summed E-state index contributed by atoms with van der Waals surface area (Å²) in [5.74, 6) is -2.61. The van der Waals surface area contributed by atoms with Crippen LogP contribution in [0.4, 0.5) is 0 Å².